The van der Waals surface area contributed by atoms with E-state index < -0.39 is 0 Å². The first-order chi connectivity index (χ1) is 25.4. The monoisotopic (exact) mass is 903 g/mol. The van der Waals surface area contributed by atoms with Gasteiger partial charge < -0.3 is 14.5 Å². The molecule has 0 bridgehead atoms. The zero-order valence-electron chi connectivity index (χ0n) is 29.3. The maximum absolute atomic E-state index is 6.51. The van der Waals surface area contributed by atoms with Gasteiger partial charge in [0.1, 0.15) is 5.06 Å². The van der Waals surface area contributed by atoms with E-state index in [1.807, 2.05) is 24.4 Å². The van der Waals surface area contributed by atoms with Gasteiger partial charge in [-0.05, 0) is 52.0 Å². The second-order valence-corrected chi connectivity index (χ2v) is 15.8. The minimum Gasteiger partial charge on any atom is -0.500 e. The van der Waals surface area contributed by atoms with Gasteiger partial charge in [-0.2, -0.15) is 22.8 Å². The number of fused-ring (bicyclic) bond motifs is 2. The largest absolute Gasteiger partial charge is 0.500 e. The van der Waals surface area contributed by atoms with Crippen molar-refractivity contribution in [2.75, 3.05) is 9.80 Å². The molecule has 9 rings (SSSR count). The normalized spacial score (nSPS) is 12.8. The molecular formula is C46H34N3OPtS2-3. The summed E-state index contributed by atoms with van der Waals surface area (Å²) in [4.78, 5) is 9.13. The molecule has 0 radical (unpaired) electrons. The van der Waals surface area contributed by atoms with E-state index in [0.29, 0.717) is 10.8 Å². The van der Waals surface area contributed by atoms with Crippen LogP contribution in [-0.4, -0.2) is 4.98 Å². The molecule has 1 aliphatic rings. The third kappa shape index (κ3) is 6.83. The molecule has 0 N–H and O–H groups in total. The summed E-state index contributed by atoms with van der Waals surface area (Å²) in [5.74, 6) is 0.631. The van der Waals surface area contributed by atoms with Crippen molar-refractivity contribution in [1.29, 1.82) is 0 Å². The van der Waals surface area contributed by atoms with Gasteiger partial charge in [0, 0.05) is 60.2 Å². The summed E-state index contributed by atoms with van der Waals surface area (Å²) in [5, 5.41) is 5.06. The van der Waals surface area contributed by atoms with Crippen molar-refractivity contribution in [3.05, 3.63) is 170 Å². The molecule has 264 valence electrons. The molecule has 0 aliphatic carbocycles. The fraction of sp³-hybridized carbons (Fsp3) is 0.0870. The summed E-state index contributed by atoms with van der Waals surface area (Å²) < 4.78 is 8.86. The average Bonchev–Trinajstić information content (AvgIpc) is 3.94. The van der Waals surface area contributed by atoms with E-state index in [1.54, 1.807) is 22.7 Å². The van der Waals surface area contributed by atoms with Gasteiger partial charge in [0.05, 0.1) is 0 Å². The fourth-order valence-electron chi connectivity index (χ4n) is 6.77. The molecule has 4 heterocycles. The van der Waals surface area contributed by atoms with E-state index in [2.05, 4.69) is 170 Å². The predicted octanol–water partition coefficient (Wildman–Crippen LogP) is 13.1. The van der Waals surface area contributed by atoms with Gasteiger partial charge in [-0.15, -0.1) is 48.0 Å². The zero-order chi connectivity index (χ0) is 35.2. The first kappa shape index (κ1) is 35.1. The number of ether oxygens (including phenoxy) is 1. The second kappa shape index (κ2) is 14.4. The number of pyridine rings is 1. The van der Waals surface area contributed by atoms with E-state index in [0.717, 1.165) is 55.0 Å². The van der Waals surface area contributed by atoms with Gasteiger partial charge in [-0.3, -0.25) is 4.98 Å². The van der Waals surface area contributed by atoms with E-state index in [1.165, 1.54) is 15.6 Å². The van der Waals surface area contributed by atoms with Gasteiger partial charge in [0.25, 0.3) is 0 Å². The molecule has 5 aromatic carbocycles. The first-order valence-electron chi connectivity index (χ1n) is 17.3. The van der Waals surface area contributed by atoms with E-state index in [-0.39, 0.29) is 26.5 Å². The minimum absolute atomic E-state index is 0. The number of anilines is 2. The number of hydrogen-bond donors (Lipinski definition) is 0. The number of thiophene rings is 2. The topological polar surface area (TPSA) is 28.6 Å². The fourth-order valence-corrected chi connectivity index (χ4v) is 8.59. The predicted molar refractivity (Wildman–Crippen MR) is 219 cm³/mol. The van der Waals surface area contributed by atoms with Crippen LogP contribution in [0.25, 0.3) is 53.7 Å². The van der Waals surface area contributed by atoms with Crippen molar-refractivity contribution in [2.45, 2.75) is 26.2 Å². The molecule has 4 nitrogen and oxygen atoms in total. The number of para-hydroxylation sites is 1. The quantitative estimate of drug-likeness (QED) is 0.149. The number of benzene rings is 5. The van der Waals surface area contributed by atoms with Crippen LogP contribution in [0, 0.1) is 18.8 Å². The van der Waals surface area contributed by atoms with Crippen molar-refractivity contribution < 1.29 is 25.8 Å². The first-order valence-corrected chi connectivity index (χ1v) is 19.0. The van der Waals surface area contributed by atoms with Crippen molar-refractivity contribution >= 4 is 54.2 Å². The maximum Gasteiger partial charge on any atom is 0.107 e. The van der Waals surface area contributed by atoms with Crippen LogP contribution in [0.2, 0.25) is 0 Å². The van der Waals surface area contributed by atoms with Gasteiger partial charge in [-0.1, -0.05) is 127 Å². The van der Waals surface area contributed by atoms with Crippen LogP contribution in [0.3, 0.4) is 0 Å². The molecule has 3 aromatic heterocycles. The Morgan fingerprint density at radius 1 is 0.717 bits per heavy atom. The molecule has 0 saturated heterocycles. The summed E-state index contributed by atoms with van der Waals surface area (Å²) in [6, 6.07) is 49.5. The molecule has 1 aliphatic heterocycles. The summed E-state index contributed by atoms with van der Waals surface area (Å²) in [5.41, 5.74) is 9.96. The van der Waals surface area contributed by atoms with E-state index in [4.69, 9.17) is 9.72 Å². The third-order valence-electron chi connectivity index (χ3n) is 9.37. The van der Waals surface area contributed by atoms with Crippen LogP contribution in [0.15, 0.2) is 145 Å². The molecular weight excluding hydrogens is 870 g/mol. The van der Waals surface area contributed by atoms with Crippen molar-refractivity contribution in [1.82, 2.24) is 4.98 Å². The van der Waals surface area contributed by atoms with Crippen LogP contribution in [0.1, 0.15) is 26.3 Å². The van der Waals surface area contributed by atoms with Crippen LogP contribution in [0.4, 0.5) is 11.4 Å². The molecule has 53 heavy (non-hydrogen) atoms. The van der Waals surface area contributed by atoms with Crippen LogP contribution < -0.4 is 14.5 Å². The Labute approximate surface area is 332 Å². The zero-order valence-corrected chi connectivity index (χ0v) is 33.2. The van der Waals surface area contributed by atoms with Gasteiger partial charge in [-0.25, -0.2) is 0 Å². The Bertz CT molecular complexity index is 2530. The minimum atomic E-state index is 0. The number of hydrogen-bond acceptors (Lipinski definition) is 6. The Morgan fingerprint density at radius 3 is 2.13 bits per heavy atom. The molecule has 0 unspecified atom stereocenters. The van der Waals surface area contributed by atoms with E-state index >= 15 is 0 Å². The van der Waals surface area contributed by atoms with Crippen LogP contribution in [0.5, 0.6) is 10.8 Å². The average molecular weight is 904 g/mol. The maximum atomic E-state index is 6.51. The van der Waals surface area contributed by atoms with Gasteiger partial charge in [0.15, 0.2) is 0 Å². The van der Waals surface area contributed by atoms with Crippen molar-refractivity contribution in [3.8, 4) is 44.3 Å². The Kier molecular flexibility index (Phi) is 9.55. The molecule has 0 amide bonds. The standard InChI is InChI=1S/C46H34N3OS2.Pt/c1-46(2,3)33-20-22-47-40(26-33)44-38-21-25-51-41(38)29-42-39(44)28-43(52-42)50-35-17-10-16-34(27-35)48-23-24-49(30-48)45-36(31-12-6-4-7-13-31)18-11-19-37(45)32-14-8-5-9-15-32;/h4-26,29-30H,1-3H3;/q-3;. The molecule has 0 atom stereocenters. The Balaban J connectivity index is 0.00000400. The number of nitrogens with zero attached hydrogens (tertiary/aromatic N) is 3. The number of rotatable bonds is 7. The van der Waals surface area contributed by atoms with Crippen molar-refractivity contribution in [2.24, 2.45) is 0 Å². The smallest absolute Gasteiger partial charge is 0.107 e. The molecule has 8 aromatic rings. The number of aromatic nitrogens is 1. The summed E-state index contributed by atoms with van der Waals surface area (Å²) in [6.45, 7) is 8.81. The third-order valence-corrected chi connectivity index (χ3v) is 11.1. The van der Waals surface area contributed by atoms with Crippen molar-refractivity contribution in [3.63, 3.8) is 0 Å². The second-order valence-electron chi connectivity index (χ2n) is 13.8. The molecule has 0 fully saturated rings. The van der Waals surface area contributed by atoms with Gasteiger partial charge >= 0.3 is 0 Å². The Hall–Kier alpha value is -5.00. The SMILES string of the molecule is CC(C)(C)c1ccnc(-c2c3[c-]c(Oc4[c-]c(N5C=CN(c6c(-c7ccccc7)cccc6-c6ccccc6)[CH-]5)ccc4)sc3cc3sccc23)c1.[Pt]. The van der Waals surface area contributed by atoms with E-state index in [9.17, 15) is 0 Å². The summed E-state index contributed by atoms with van der Waals surface area (Å²) in [7, 11) is 0. The van der Waals surface area contributed by atoms with Gasteiger partial charge in [0.2, 0.25) is 0 Å². The molecule has 0 saturated carbocycles. The molecule has 0 spiro atoms. The summed E-state index contributed by atoms with van der Waals surface area (Å²) in [6.07, 6.45) is 6.09. The Morgan fingerprint density at radius 2 is 1.42 bits per heavy atom. The van der Waals surface area contributed by atoms with Crippen LogP contribution >= 0.6 is 22.7 Å². The van der Waals surface area contributed by atoms with Crippen LogP contribution in [-0.2, 0) is 26.5 Å². The molecule has 7 heteroatoms. The summed E-state index contributed by atoms with van der Waals surface area (Å²) >= 11 is 3.35.